The summed E-state index contributed by atoms with van der Waals surface area (Å²) < 4.78 is 36.4. The molecule has 0 bridgehead atoms. The van der Waals surface area contributed by atoms with Gasteiger partial charge in [0.15, 0.2) is 5.17 Å². The topological polar surface area (TPSA) is 45.5 Å². The van der Waals surface area contributed by atoms with Gasteiger partial charge in [0, 0.05) is 11.8 Å². The second-order valence-electron chi connectivity index (χ2n) is 2.32. The van der Waals surface area contributed by atoms with Crippen LogP contribution in [-0.4, -0.2) is 15.4 Å². The molecule has 1 rings (SSSR count). The fourth-order valence-corrected chi connectivity index (χ4v) is 0.889. The van der Waals surface area contributed by atoms with Gasteiger partial charge >= 0.3 is 6.18 Å². The van der Waals surface area contributed by atoms with Gasteiger partial charge in [-0.1, -0.05) is 16.8 Å². The monoisotopic (exact) mass is 224 g/mol. The van der Waals surface area contributed by atoms with E-state index in [2.05, 4.69) is 10.1 Å². The molecule has 0 atom stereocenters. The van der Waals surface area contributed by atoms with Crippen molar-refractivity contribution in [2.75, 3.05) is 0 Å². The van der Waals surface area contributed by atoms with Gasteiger partial charge in [0.2, 0.25) is 0 Å². The SMILES string of the molecule is O/N=C(\Cl)c1ccnc(C(F)(F)F)c1. The van der Waals surface area contributed by atoms with Crippen molar-refractivity contribution >= 4 is 16.8 Å². The highest BCUT2D eigenvalue weighted by molar-refractivity contribution is 6.69. The van der Waals surface area contributed by atoms with Gasteiger partial charge in [-0.3, -0.25) is 4.98 Å². The minimum atomic E-state index is -4.54. The third-order valence-electron chi connectivity index (χ3n) is 1.38. The molecule has 1 aromatic rings. The van der Waals surface area contributed by atoms with Crippen molar-refractivity contribution in [1.82, 2.24) is 4.98 Å². The number of pyridine rings is 1. The molecule has 1 N–H and O–H groups in total. The molecule has 0 saturated heterocycles. The molecule has 0 fully saturated rings. The average Bonchev–Trinajstić information content (AvgIpc) is 2.15. The van der Waals surface area contributed by atoms with Crippen LogP contribution in [0.4, 0.5) is 13.2 Å². The lowest BCUT2D eigenvalue weighted by atomic mass is 10.2. The number of rotatable bonds is 1. The minimum Gasteiger partial charge on any atom is -0.410 e. The summed E-state index contributed by atoms with van der Waals surface area (Å²) in [7, 11) is 0. The third kappa shape index (κ3) is 2.35. The molecule has 1 heterocycles. The molecule has 76 valence electrons. The average molecular weight is 225 g/mol. The lowest BCUT2D eigenvalue weighted by Crippen LogP contribution is -2.08. The number of aromatic nitrogens is 1. The molecule has 7 heteroatoms. The smallest absolute Gasteiger partial charge is 0.410 e. The molecule has 0 aliphatic carbocycles. The van der Waals surface area contributed by atoms with Gasteiger partial charge in [0.05, 0.1) is 0 Å². The van der Waals surface area contributed by atoms with Crippen molar-refractivity contribution in [1.29, 1.82) is 0 Å². The van der Waals surface area contributed by atoms with E-state index in [1.54, 1.807) is 0 Å². The summed E-state index contributed by atoms with van der Waals surface area (Å²) in [5.74, 6) is 0. The van der Waals surface area contributed by atoms with Crippen molar-refractivity contribution in [3.8, 4) is 0 Å². The largest absolute Gasteiger partial charge is 0.433 e. The zero-order valence-electron chi connectivity index (χ0n) is 6.59. The third-order valence-corrected chi connectivity index (χ3v) is 1.67. The Morgan fingerprint density at radius 3 is 2.64 bits per heavy atom. The second-order valence-corrected chi connectivity index (χ2v) is 2.68. The molecule has 1 aromatic heterocycles. The lowest BCUT2D eigenvalue weighted by molar-refractivity contribution is -0.141. The van der Waals surface area contributed by atoms with Crippen LogP contribution in [-0.2, 0) is 6.18 Å². The number of nitrogens with zero attached hydrogens (tertiary/aromatic N) is 2. The Kier molecular flexibility index (Phi) is 2.95. The molecule has 0 amide bonds. The van der Waals surface area contributed by atoms with Crippen LogP contribution < -0.4 is 0 Å². The fourth-order valence-electron chi connectivity index (χ4n) is 0.772. The Bertz CT molecular complexity index is 364. The van der Waals surface area contributed by atoms with Crippen LogP contribution >= 0.6 is 11.6 Å². The zero-order valence-corrected chi connectivity index (χ0v) is 7.34. The Balaban J connectivity index is 3.14. The van der Waals surface area contributed by atoms with E-state index in [4.69, 9.17) is 16.8 Å². The van der Waals surface area contributed by atoms with Crippen LogP contribution in [0.5, 0.6) is 0 Å². The Morgan fingerprint density at radius 1 is 1.50 bits per heavy atom. The molecule has 0 aliphatic rings. The van der Waals surface area contributed by atoms with E-state index in [1.165, 1.54) is 6.07 Å². The number of alkyl halides is 3. The van der Waals surface area contributed by atoms with E-state index >= 15 is 0 Å². The zero-order chi connectivity index (χ0) is 10.8. The van der Waals surface area contributed by atoms with Gasteiger partial charge in [-0.25, -0.2) is 0 Å². The van der Waals surface area contributed by atoms with Crippen molar-refractivity contribution in [2.24, 2.45) is 5.16 Å². The Labute approximate surface area is 81.8 Å². The molecule has 0 aromatic carbocycles. The summed E-state index contributed by atoms with van der Waals surface area (Å²) in [5, 5.41) is 10.4. The standard InChI is InChI=1S/C7H4ClF3N2O/c8-6(13-14)4-1-2-12-5(3-4)7(9,10)11/h1-3,14H/b13-6-. The van der Waals surface area contributed by atoms with Crippen molar-refractivity contribution in [2.45, 2.75) is 6.18 Å². The van der Waals surface area contributed by atoms with Gasteiger partial charge < -0.3 is 5.21 Å². The van der Waals surface area contributed by atoms with Crippen molar-refractivity contribution in [3.05, 3.63) is 29.6 Å². The summed E-state index contributed by atoms with van der Waals surface area (Å²) in [6, 6.07) is 1.90. The molecule has 14 heavy (non-hydrogen) atoms. The number of hydrogen-bond donors (Lipinski definition) is 1. The normalized spacial score (nSPS) is 13.0. The quantitative estimate of drug-likeness (QED) is 0.453. The van der Waals surface area contributed by atoms with E-state index in [1.807, 2.05) is 0 Å². The Hall–Kier alpha value is -1.30. The highest BCUT2D eigenvalue weighted by atomic mass is 35.5. The summed E-state index contributed by atoms with van der Waals surface area (Å²) in [6.07, 6.45) is -3.60. The number of halogens is 4. The van der Waals surface area contributed by atoms with Crippen LogP contribution in [0.3, 0.4) is 0 Å². The van der Waals surface area contributed by atoms with Crippen LogP contribution in [0.1, 0.15) is 11.3 Å². The Morgan fingerprint density at radius 2 is 2.14 bits per heavy atom. The molecule has 0 spiro atoms. The molecule has 0 unspecified atom stereocenters. The van der Waals surface area contributed by atoms with E-state index in [9.17, 15) is 13.2 Å². The summed E-state index contributed by atoms with van der Waals surface area (Å²) in [6.45, 7) is 0. The highest BCUT2D eigenvalue weighted by Gasteiger charge is 2.32. The van der Waals surface area contributed by atoms with E-state index in [0.717, 1.165) is 6.20 Å². The van der Waals surface area contributed by atoms with Crippen LogP contribution in [0.2, 0.25) is 0 Å². The minimum absolute atomic E-state index is 0.0449. The van der Waals surface area contributed by atoms with Crippen molar-refractivity contribution < 1.29 is 18.4 Å². The predicted octanol–water partition coefficient (Wildman–Crippen LogP) is 2.48. The highest BCUT2D eigenvalue weighted by Crippen LogP contribution is 2.27. The molecule has 0 aliphatic heterocycles. The van der Waals surface area contributed by atoms with Crippen molar-refractivity contribution in [3.63, 3.8) is 0 Å². The maximum atomic E-state index is 12.1. The maximum Gasteiger partial charge on any atom is 0.433 e. The van der Waals surface area contributed by atoms with Gasteiger partial charge in [0.25, 0.3) is 0 Å². The summed E-state index contributed by atoms with van der Waals surface area (Å²) in [5.41, 5.74) is -1.13. The molecule has 0 radical (unpaired) electrons. The number of oxime groups is 1. The van der Waals surface area contributed by atoms with E-state index in [0.29, 0.717) is 6.07 Å². The molecular formula is C7H4ClF3N2O. The van der Waals surface area contributed by atoms with E-state index in [-0.39, 0.29) is 5.56 Å². The summed E-state index contributed by atoms with van der Waals surface area (Å²) >= 11 is 5.32. The van der Waals surface area contributed by atoms with Gasteiger partial charge in [0.1, 0.15) is 5.69 Å². The van der Waals surface area contributed by atoms with Crippen LogP contribution in [0, 0.1) is 0 Å². The molecule has 3 nitrogen and oxygen atoms in total. The van der Waals surface area contributed by atoms with Gasteiger partial charge in [-0.15, -0.1) is 0 Å². The first kappa shape index (κ1) is 10.8. The summed E-state index contributed by atoms with van der Waals surface area (Å²) in [4.78, 5) is 3.11. The van der Waals surface area contributed by atoms with Crippen LogP contribution in [0.15, 0.2) is 23.5 Å². The van der Waals surface area contributed by atoms with Gasteiger partial charge in [-0.2, -0.15) is 13.2 Å². The molecule has 0 saturated carbocycles. The first-order chi connectivity index (χ1) is 6.45. The first-order valence-corrected chi connectivity index (χ1v) is 3.74. The fraction of sp³-hybridized carbons (Fsp3) is 0.143. The second kappa shape index (κ2) is 3.83. The predicted molar refractivity (Wildman–Crippen MR) is 43.4 cm³/mol. The maximum absolute atomic E-state index is 12.1. The first-order valence-electron chi connectivity index (χ1n) is 3.36. The number of hydrogen-bond acceptors (Lipinski definition) is 3. The van der Waals surface area contributed by atoms with Crippen LogP contribution in [0.25, 0.3) is 0 Å². The van der Waals surface area contributed by atoms with E-state index < -0.39 is 17.0 Å². The van der Waals surface area contributed by atoms with Gasteiger partial charge in [-0.05, 0) is 12.1 Å². The lowest BCUT2D eigenvalue weighted by Gasteiger charge is -2.05. The molecular weight excluding hydrogens is 221 g/mol.